The first-order chi connectivity index (χ1) is 12.2. The number of amides is 1. The molecule has 1 saturated heterocycles. The molecule has 6 heteroatoms. The second kappa shape index (κ2) is 8.27. The molecule has 1 fully saturated rings. The average Bonchev–Trinajstić information content (AvgIpc) is 3.07. The number of fused-ring (bicyclic) bond motifs is 1. The fraction of sp³-hybridized carbons (Fsp3) is 0.474. The Labute approximate surface area is 147 Å². The van der Waals surface area contributed by atoms with Gasteiger partial charge in [-0.1, -0.05) is 12.1 Å². The SMILES string of the molecule is CN(CCCO)C1CCN(C(=O)/C=C/c2nc3ccccc3o2)CC1. The van der Waals surface area contributed by atoms with E-state index in [9.17, 15) is 4.79 Å². The molecule has 1 amide bonds. The minimum absolute atomic E-state index is 0.00119. The van der Waals surface area contributed by atoms with Crippen molar-refractivity contribution in [2.24, 2.45) is 0 Å². The summed E-state index contributed by atoms with van der Waals surface area (Å²) in [5.74, 6) is 0.451. The molecule has 1 aromatic carbocycles. The van der Waals surface area contributed by atoms with E-state index in [4.69, 9.17) is 9.52 Å². The third-order valence-electron chi connectivity index (χ3n) is 4.75. The van der Waals surface area contributed by atoms with Crippen LogP contribution in [0.4, 0.5) is 0 Å². The van der Waals surface area contributed by atoms with Crippen molar-refractivity contribution in [1.82, 2.24) is 14.8 Å². The van der Waals surface area contributed by atoms with Gasteiger partial charge in [-0.25, -0.2) is 4.98 Å². The lowest BCUT2D eigenvalue weighted by Gasteiger charge is -2.36. The van der Waals surface area contributed by atoms with Gasteiger partial charge in [-0.15, -0.1) is 0 Å². The Morgan fingerprint density at radius 1 is 1.40 bits per heavy atom. The Kier molecular flexibility index (Phi) is 5.83. The van der Waals surface area contributed by atoms with E-state index in [1.54, 1.807) is 12.2 Å². The van der Waals surface area contributed by atoms with E-state index in [0.717, 1.165) is 50.0 Å². The molecule has 134 valence electrons. The zero-order chi connectivity index (χ0) is 17.6. The molecular weight excluding hydrogens is 318 g/mol. The van der Waals surface area contributed by atoms with Crippen LogP contribution in [0, 0.1) is 0 Å². The number of likely N-dealkylation sites (tertiary alicyclic amines) is 1. The van der Waals surface area contributed by atoms with E-state index in [-0.39, 0.29) is 12.5 Å². The Hall–Kier alpha value is -2.18. The largest absolute Gasteiger partial charge is 0.437 e. The standard InChI is InChI=1S/C19H25N3O3/c1-21(11-4-14-23)15-9-12-22(13-10-15)19(24)8-7-18-20-16-5-2-3-6-17(16)25-18/h2-3,5-8,15,23H,4,9-14H2,1H3/b8-7+. The Bertz CT molecular complexity index is 699. The van der Waals surface area contributed by atoms with E-state index in [1.165, 1.54) is 0 Å². The van der Waals surface area contributed by atoms with E-state index in [2.05, 4.69) is 16.9 Å². The van der Waals surface area contributed by atoms with Crippen LogP contribution >= 0.6 is 0 Å². The summed E-state index contributed by atoms with van der Waals surface area (Å²) in [4.78, 5) is 20.9. The van der Waals surface area contributed by atoms with Crippen LogP contribution in [-0.4, -0.2) is 65.1 Å². The summed E-state index contributed by atoms with van der Waals surface area (Å²) < 4.78 is 5.60. The Morgan fingerprint density at radius 2 is 2.16 bits per heavy atom. The Morgan fingerprint density at radius 3 is 2.88 bits per heavy atom. The maximum atomic E-state index is 12.4. The first-order valence-electron chi connectivity index (χ1n) is 8.81. The van der Waals surface area contributed by atoms with Crippen molar-refractivity contribution < 1.29 is 14.3 Å². The first-order valence-corrected chi connectivity index (χ1v) is 8.81. The summed E-state index contributed by atoms with van der Waals surface area (Å²) in [7, 11) is 2.09. The molecule has 0 radical (unpaired) electrons. The van der Waals surface area contributed by atoms with Gasteiger partial charge in [-0.05, 0) is 38.4 Å². The number of para-hydroxylation sites is 2. The quantitative estimate of drug-likeness (QED) is 0.814. The summed E-state index contributed by atoms with van der Waals surface area (Å²) in [6.45, 7) is 2.63. The number of carbonyl (C=O) groups is 1. The minimum Gasteiger partial charge on any atom is -0.437 e. The van der Waals surface area contributed by atoms with Gasteiger partial charge in [0.2, 0.25) is 11.8 Å². The molecule has 2 aromatic rings. The van der Waals surface area contributed by atoms with Crippen LogP contribution in [0.25, 0.3) is 17.2 Å². The van der Waals surface area contributed by atoms with Crippen LogP contribution in [-0.2, 0) is 4.79 Å². The van der Waals surface area contributed by atoms with Crippen LogP contribution in [0.15, 0.2) is 34.8 Å². The molecule has 1 aliphatic heterocycles. The number of carbonyl (C=O) groups excluding carboxylic acids is 1. The number of aromatic nitrogens is 1. The predicted molar refractivity (Wildman–Crippen MR) is 97.0 cm³/mol. The molecule has 1 N–H and O–H groups in total. The van der Waals surface area contributed by atoms with Crippen LogP contribution < -0.4 is 0 Å². The van der Waals surface area contributed by atoms with Crippen molar-refractivity contribution >= 4 is 23.1 Å². The molecule has 0 atom stereocenters. The van der Waals surface area contributed by atoms with E-state index < -0.39 is 0 Å². The highest BCUT2D eigenvalue weighted by molar-refractivity contribution is 5.91. The maximum Gasteiger partial charge on any atom is 0.246 e. The molecule has 0 spiro atoms. The average molecular weight is 343 g/mol. The molecule has 6 nitrogen and oxygen atoms in total. The summed E-state index contributed by atoms with van der Waals surface area (Å²) in [6.07, 6.45) is 5.90. The molecular formula is C19H25N3O3. The van der Waals surface area contributed by atoms with Gasteiger partial charge < -0.3 is 19.3 Å². The van der Waals surface area contributed by atoms with Crippen LogP contribution in [0.2, 0.25) is 0 Å². The van der Waals surface area contributed by atoms with Gasteiger partial charge in [0.15, 0.2) is 5.58 Å². The first kappa shape index (κ1) is 17.6. The fourth-order valence-electron chi connectivity index (χ4n) is 3.24. The van der Waals surface area contributed by atoms with Gasteiger partial charge >= 0.3 is 0 Å². The predicted octanol–water partition coefficient (Wildman–Crippen LogP) is 2.15. The van der Waals surface area contributed by atoms with E-state index >= 15 is 0 Å². The zero-order valence-electron chi connectivity index (χ0n) is 14.6. The fourth-order valence-corrected chi connectivity index (χ4v) is 3.24. The van der Waals surface area contributed by atoms with Crippen molar-refractivity contribution in [2.75, 3.05) is 33.3 Å². The highest BCUT2D eigenvalue weighted by Crippen LogP contribution is 2.18. The molecule has 2 heterocycles. The number of hydrogen-bond acceptors (Lipinski definition) is 5. The number of rotatable bonds is 6. The van der Waals surface area contributed by atoms with E-state index in [0.29, 0.717) is 11.9 Å². The molecule has 1 aliphatic rings. The van der Waals surface area contributed by atoms with Crippen molar-refractivity contribution in [3.63, 3.8) is 0 Å². The summed E-state index contributed by atoms with van der Waals surface area (Å²) in [5, 5.41) is 8.93. The number of aliphatic hydroxyl groups is 1. The van der Waals surface area contributed by atoms with Crippen LogP contribution in [0.5, 0.6) is 0 Å². The van der Waals surface area contributed by atoms with Crippen molar-refractivity contribution in [3.05, 3.63) is 36.2 Å². The lowest BCUT2D eigenvalue weighted by atomic mass is 10.0. The number of piperidine rings is 1. The normalized spacial score (nSPS) is 16.4. The Balaban J connectivity index is 1.52. The highest BCUT2D eigenvalue weighted by atomic mass is 16.3. The topological polar surface area (TPSA) is 69.8 Å². The maximum absolute atomic E-state index is 12.4. The summed E-state index contributed by atoms with van der Waals surface area (Å²) in [5.41, 5.74) is 1.52. The van der Waals surface area contributed by atoms with E-state index in [1.807, 2.05) is 29.2 Å². The van der Waals surface area contributed by atoms with Gasteiger partial charge in [0, 0.05) is 44.4 Å². The summed E-state index contributed by atoms with van der Waals surface area (Å²) in [6, 6.07) is 8.03. The zero-order valence-corrected chi connectivity index (χ0v) is 14.6. The second-order valence-corrected chi connectivity index (χ2v) is 6.47. The monoisotopic (exact) mass is 343 g/mol. The number of aliphatic hydroxyl groups excluding tert-OH is 1. The smallest absolute Gasteiger partial charge is 0.246 e. The molecule has 25 heavy (non-hydrogen) atoms. The summed E-state index contributed by atoms with van der Waals surface area (Å²) >= 11 is 0. The third kappa shape index (κ3) is 4.46. The number of hydrogen-bond donors (Lipinski definition) is 1. The van der Waals surface area contributed by atoms with Crippen molar-refractivity contribution in [1.29, 1.82) is 0 Å². The lowest BCUT2D eigenvalue weighted by molar-refractivity contribution is -0.127. The number of oxazole rings is 1. The second-order valence-electron chi connectivity index (χ2n) is 6.47. The lowest BCUT2D eigenvalue weighted by Crippen LogP contribution is -2.45. The van der Waals surface area contributed by atoms with Gasteiger partial charge in [0.05, 0.1) is 0 Å². The van der Waals surface area contributed by atoms with Gasteiger partial charge in [-0.3, -0.25) is 4.79 Å². The van der Waals surface area contributed by atoms with Gasteiger partial charge in [-0.2, -0.15) is 0 Å². The number of benzene rings is 1. The third-order valence-corrected chi connectivity index (χ3v) is 4.75. The van der Waals surface area contributed by atoms with Gasteiger partial charge in [0.25, 0.3) is 0 Å². The molecule has 0 aliphatic carbocycles. The highest BCUT2D eigenvalue weighted by Gasteiger charge is 2.24. The van der Waals surface area contributed by atoms with Crippen LogP contribution in [0.1, 0.15) is 25.2 Å². The van der Waals surface area contributed by atoms with Crippen LogP contribution in [0.3, 0.4) is 0 Å². The number of nitrogens with zero attached hydrogens (tertiary/aromatic N) is 3. The molecule has 0 unspecified atom stereocenters. The molecule has 3 rings (SSSR count). The molecule has 1 aromatic heterocycles. The molecule has 0 saturated carbocycles. The van der Waals surface area contributed by atoms with Crippen molar-refractivity contribution in [3.8, 4) is 0 Å². The van der Waals surface area contributed by atoms with Gasteiger partial charge in [0.1, 0.15) is 5.52 Å². The van der Waals surface area contributed by atoms with Crippen molar-refractivity contribution in [2.45, 2.75) is 25.3 Å². The molecule has 0 bridgehead atoms. The minimum atomic E-state index is -0.00119.